The minimum Gasteiger partial charge on any atom is -0.508 e. The second-order valence-electron chi connectivity index (χ2n) is 8.36. The number of aromatic nitrogens is 3. The molecule has 3 N–H and O–H groups in total. The molecule has 0 saturated carbocycles. The SMILES string of the molecule is O=C(c1ccc(O)cc1)N1CCC(c2ccnc3[nH]c(C4CCNCC4)nc23)CC1. The van der Waals surface area contributed by atoms with E-state index in [0.717, 1.165) is 68.9 Å². The van der Waals surface area contributed by atoms with Crippen LogP contribution in [0, 0.1) is 0 Å². The van der Waals surface area contributed by atoms with E-state index >= 15 is 0 Å². The van der Waals surface area contributed by atoms with Gasteiger partial charge in [0, 0.05) is 30.8 Å². The van der Waals surface area contributed by atoms with Crippen molar-refractivity contribution in [2.75, 3.05) is 26.2 Å². The summed E-state index contributed by atoms with van der Waals surface area (Å²) in [5.41, 5.74) is 3.74. The number of likely N-dealkylation sites (tertiary alicyclic amines) is 1. The molecular weight excluding hydrogens is 378 g/mol. The van der Waals surface area contributed by atoms with Gasteiger partial charge in [-0.2, -0.15) is 0 Å². The van der Waals surface area contributed by atoms with Gasteiger partial charge in [-0.3, -0.25) is 4.79 Å². The first-order chi connectivity index (χ1) is 14.7. The summed E-state index contributed by atoms with van der Waals surface area (Å²) in [6, 6.07) is 8.58. The van der Waals surface area contributed by atoms with Crippen LogP contribution in [0.15, 0.2) is 36.5 Å². The van der Waals surface area contributed by atoms with Gasteiger partial charge in [-0.05, 0) is 80.6 Å². The number of piperidine rings is 2. The third kappa shape index (κ3) is 3.65. The fraction of sp³-hybridized carbons (Fsp3) is 0.435. The number of carbonyl (C=O) groups is 1. The van der Waals surface area contributed by atoms with E-state index in [9.17, 15) is 9.90 Å². The van der Waals surface area contributed by atoms with Gasteiger partial charge in [-0.1, -0.05) is 0 Å². The number of hydrogen-bond donors (Lipinski definition) is 3. The van der Waals surface area contributed by atoms with Crippen molar-refractivity contribution in [3.8, 4) is 5.75 Å². The molecule has 0 unspecified atom stereocenters. The van der Waals surface area contributed by atoms with Gasteiger partial charge in [0.1, 0.15) is 17.1 Å². The first-order valence-electron chi connectivity index (χ1n) is 10.8. The van der Waals surface area contributed by atoms with Crippen molar-refractivity contribution >= 4 is 17.1 Å². The van der Waals surface area contributed by atoms with E-state index < -0.39 is 0 Å². The number of imidazole rings is 1. The van der Waals surface area contributed by atoms with Gasteiger partial charge >= 0.3 is 0 Å². The molecule has 3 aromatic rings. The van der Waals surface area contributed by atoms with Crippen LogP contribution < -0.4 is 5.32 Å². The lowest BCUT2D eigenvalue weighted by Gasteiger charge is -2.32. The van der Waals surface area contributed by atoms with Gasteiger partial charge in [-0.25, -0.2) is 9.97 Å². The average molecular weight is 406 g/mol. The highest BCUT2D eigenvalue weighted by atomic mass is 16.3. The van der Waals surface area contributed by atoms with Crippen molar-refractivity contribution < 1.29 is 9.90 Å². The Balaban J connectivity index is 1.31. The monoisotopic (exact) mass is 405 g/mol. The second kappa shape index (κ2) is 8.07. The number of carbonyl (C=O) groups excluding carboxylic acids is 1. The standard InChI is InChI=1S/C23H27N5O2/c29-18-3-1-17(2-4-18)23(30)28-13-8-15(9-14-28)19-7-12-25-22-20(19)26-21(27-22)16-5-10-24-11-6-16/h1-4,7,12,15-16,24,29H,5-6,8-11,13-14H2,(H,25,26,27). The third-order valence-electron chi connectivity index (χ3n) is 6.50. The highest BCUT2D eigenvalue weighted by Crippen LogP contribution is 2.33. The number of nitrogens with one attached hydrogen (secondary N) is 2. The van der Waals surface area contributed by atoms with Gasteiger partial charge in [0.15, 0.2) is 5.65 Å². The van der Waals surface area contributed by atoms with Crippen molar-refractivity contribution in [3.63, 3.8) is 0 Å². The molecule has 2 aliphatic rings. The van der Waals surface area contributed by atoms with Crippen LogP contribution in [0.5, 0.6) is 5.75 Å². The molecule has 5 rings (SSSR count). The minimum atomic E-state index is 0.0290. The first kappa shape index (κ1) is 19.1. The molecular formula is C23H27N5O2. The van der Waals surface area contributed by atoms with Crippen molar-refractivity contribution in [1.82, 2.24) is 25.2 Å². The highest BCUT2D eigenvalue weighted by molar-refractivity contribution is 5.94. The second-order valence-corrected chi connectivity index (χ2v) is 8.36. The molecule has 0 atom stereocenters. The van der Waals surface area contributed by atoms with Crippen LogP contribution >= 0.6 is 0 Å². The third-order valence-corrected chi connectivity index (χ3v) is 6.50. The zero-order chi connectivity index (χ0) is 20.5. The number of phenols is 1. The Morgan fingerprint density at radius 2 is 1.73 bits per heavy atom. The summed E-state index contributed by atoms with van der Waals surface area (Å²) in [6.45, 7) is 3.52. The summed E-state index contributed by atoms with van der Waals surface area (Å²) < 4.78 is 0. The number of benzene rings is 1. The Bertz CT molecular complexity index is 1030. The van der Waals surface area contributed by atoms with Crippen LogP contribution in [0.3, 0.4) is 0 Å². The van der Waals surface area contributed by atoms with Crippen LogP contribution in [-0.2, 0) is 0 Å². The number of rotatable bonds is 3. The zero-order valence-electron chi connectivity index (χ0n) is 17.0. The highest BCUT2D eigenvalue weighted by Gasteiger charge is 2.27. The predicted octanol–water partition coefficient (Wildman–Crippen LogP) is 3.15. The molecule has 156 valence electrons. The summed E-state index contributed by atoms with van der Waals surface area (Å²) in [5, 5.41) is 12.8. The molecule has 30 heavy (non-hydrogen) atoms. The quantitative estimate of drug-likeness (QED) is 0.622. The zero-order valence-corrected chi connectivity index (χ0v) is 17.0. The van der Waals surface area contributed by atoms with Gasteiger partial charge in [-0.15, -0.1) is 0 Å². The Kier molecular flexibility index (Phi) is 5.12. The molecule has 0 bridgehead atoms. The number of phenolic OH excluding ortho intramolecular Hbond substituents is 1. The van der Waals surface area contributed by atoms with Gasteiger partial charge in [0.2, 0.25) is 0 Å². The maximum absolute atomic E-state index is 12.8. The van der Waals surface area contributed by atoms with E-state index in [2.05, 4.69) is 21.4 Å². The smallest absolute Gasteiger partial charge is 0.253 e. The lowest BCUT2D eigenvalue weighted by atomic mass is 9.89. The molecule has 7 heteroatoms. The Labute approximate surface area is 175 Å². The molecule has 2 fully saturated rings. The van der Waals surface area contributed by atoms with Gasteiger partial charge in [0.05, 0.1) is 0 Å². The fourth-order valence-electron chi connectivity index (χ4n) is 4.75. The number of amides is 1. The van der Waals surface area contributed by atoms with E-state index in [1.165, 1.54) is 5.56 Å². The van der Waals surface area contributed by atoms with Crippen LogP contribution in [-0.4, -0.2) is 57.0 Å². The van der Waals surface area contributed by atoms with E-state index in [-0.39, 0.29) is 11.7 Å². The Morgan fingerprint density at radius 1 is 1.00 bits per heavy atom. The maximum Gasteiger partial charge on any atom is 0.253 e. The lowest BCUT2D eigenvalue weighted by Crippen LogP contribution is -2.37. The average Bonchev–Trinajstić information content (AvgIpc) is 3.24. The van der Waals surface area contributed by atoms with E-state index in [1.807, 2.05) is 11.1 Å². The molecule has 2 aliphatic heterocycles. The van der Waals surface area contributed by atoms with E-state index in [0.29, 0.717) is 17.4 Å². The number of hydrogen-bond acceptors (Lipinski definition) is 5. The molecule has 0 radical (unpaired) electrons. The summed E-state index contributed by atoms with van der Waals surface area (Å²) in [6.07, 6.45) is 5.91. The molecule has 0 aliphatic carbocycles. The van der Waals surface area contributed by atoms with Crippen LogP contribution in [0.4, 0.5) is 0 Å². The first-order valence-corrected chi connectivity index (χ1v) is 10.8. The summed E-state index contributed by atoms with van der Waals surface area (Å²) in [5.74, 6) is 2.11. The van der Waals surface area contributed by atoms with Crippen molar-refractivity contribution in [1.29, 1.82) is 0 Å². The number of pyridine rings is 1. The van der Waals surface area contributed by atoms with Crippen LogP contribution in [0.2, 0.25) is 0 Å². The Hall–Kier alpha value is -2.93. The summed E-state index contributed by atoms with van der Waals surface area (Å²) >= 11 is 0. The van der Waals surface area contributed by atoms with Crippen LogP contribution in [0.1, 0.15) is 59.3 Å². The number of H-pyrrole nitrogens is 1. The summed E-state index contributed by atoms with van der Waals surface area (Å²) in [7, 11) is 0. The molecule has 0 spiro atoms. The molecule has 2 aromatic heterocycles. The molecule has 7 nitrogen and oxygen atoms in total. The normalized spacial score (nSPS) is 18.7. The predicted molar refractivity (Wildman–Crippen MR) is 115 cm³/mol. The Morgan fingerprint density at radius 3 is 2.47 bits per heavy atom. The van der Waals surface area contributed by atoms with Crippen molar-refractivity contribution in [2.45, 2.75) is 37.5 Å². The lowest BCUT2D eigenvalue weighted by molar-refractivity contribution is 0.0713. The topological polar surface area (TPSA) is 94.1 Å². The largest absolute Gasteiger partial charge is 0.508 e. The number of aromatic hydroxyl groups is 1. The molecule has 1 amide bonds. The van der Waals surface area contributed by atoms with Gasteiger partial charge in [0.25, 0.3) is 5.91 Å². The molecule has 4 heterocycles. The molecule has 2 saturated heterocycles. The number of fused-ring (bicyclic) bond motifs is 1. The van der Waals surface area contributed by atoms with Crippen molar-refractivity contribution in [2.24, 2.45) is 0 Å². The van der Waals surface area contributed by atoms with Crippen LogP contribution in [0.25, 0.3) is 11.2 Å². The molecule has 1 aromatic carbocycles. The number of nitrogens with zero attached hydrogens (tertiary/aromatic N) is 3. The summed E-state index contributed by atoms with van der Waals surface area (Å²) in [4.78, 5) is 27.6. The minimum absolute atomic E-state index is 0.0290. The maximum atomic E-state index is 12.8. The van der Waals surface area contributed by atoms with Crippen molar-refractivity contribution in [3.05, 3.63) is 53.5 Å². The van der Waals surface area contributed by atoms with E-state index in [1.54, 1.807) is 24.3 Å². The van der Waals surface area contributed by atoms with Gasteiger partial charge < -0.3 is 20.3 Å². The fourth-order valence-corrected chi connectivity index (χ4v) is 4.75. The van der Waals surface area contributed by atoms with E-state index in [4.69, 9.17) is 4.98 Å². The number of aromatic amines is 1.